The third-order valence-electron chi connectivity index (χ3n) is 2.71. The third kappa shape index (κ3) is 5.10. The van der Waals surface area contributed by atoms with Crippen molar-refractivity contribution in [2.45, 2.75) is 44.4 Å². The van der Waals surface area contributed by atoms with Crippen molar-refractivity contribution in [2.24, 2.45) is 0 Å². The molecule has 8 heteroatoms. The van der Waals surface area contributed by atoms with Crippen molar-refractivity contribution in [2.75, 3.05) is 0 Å². The van der Waals surface area contributed by atoms with E-state index in [4.69, 9.17) is 16.7 Å². The largest absolute Gasteiger partial charge is 0.598 e. The van der Waals surface area contributed by atoms with E-state index in [-0.39, 0.29) is 6.42 Å². The molecule has 0 amide bonds. The lowest BCUT2D eigenvalue weighted by Crippen LogP contribution is -2.51. The molecule has 0 aliphatic carbocycles. The molecule has 0 aromatic carbocycles. The molecule has 21 heavy (non-hydrogen) atoms. The van der Waals surface area contributed by atoms with Gasteiger partial charge in [0.2, 0.25) is 0 Å². The fourth-order valence-corrected chi connectivity index (χ4v) is 3.14. The average Bonchev–Trinajstić information content (AvgIpc) is 2.29. The van der Waals surface area contributed by atoms with E-state index in [2.05, 4.69) is 25.6 Å². The van der Waals surface area contributed by atoms with Crippen LogP contribution in [0.1, 0.15) is 39.8 Å². The van der Waals surface area contributed by atoms with Crippen molar-refractivity contribution in [1.82, 2.24) is 9.71 Å². The second-order valence-corrected chi connectivity index (χ2v) is 9.04. The molecule has 0 fully saturated rings. The number of hydrogen-bond donors (Lipinski definition) is 2. The van der Waals surface area contributed by atoms with Gasteiger partial charge < -0.3 is 9.66 Å². The van der Waals surface area contributed by atoms with Gasteiger partial charge in [0.1, 0.15) is 14.9 Å². The number of hydrogen-bond acceptors (Lipinski definition) is 4. The zero-order chi connectivity index (χ0) is 16.4. The quantitative estimate of drug-likeness (QED) is 0.588. The molecule has 118 valence electrons. The van der Waals surface area contributed by atoms with Gasteiger partial charge in [-0.1, -0.05) is 11.6 Å². The molecule has 1 aromatic rings. The summed E-state index contributed by atoms with van der Waals surface area (Å²) in [7, 11) is 0. The number of rotatable bonds is 5. The number of aliphatic carboxylic acids is 1. The predicted molar refractivity (Wildman–Crippen MR) is 87.6 cm³/mol. The van der Waals surface area contributed by atoms with Gasteiger partial charge in [-0.15, -0.1) is 4.72 Å². The molecule has 0 saturated heterocycles. The summed E-state index contributed by atoms with van der Waals surface area (Å²) < 4.78 is 15.2. The summed E-state index contributed by atoms with van der Waals surface area (Å²) in [5.41, 5.74) is -0.802. The summed E-state index contributed by atoms with van der Waals surface area (Å²) in [6.07, 6.45) is -0.294. The number of pyridine rings is 1. The Bertz CT molecular complexity index is 539. The molecule has 0 saturated carbocycles. The van der Waals surface area contributed by atoms with Gasteiger partial charge in [-0.3, -0.25) is 4.79 Å². The first-order chi connectivity index (χ1) is 9.45. The maximum Gasteiger partial charge on any atom is 0.305 e. The van der Waals surface area contributed by atoms with Crippen LogP contribution in [0.15, 0.2) is 16.7 Å². The molecule has 0 bridgehead atoms. The first-order valence-electron chi connectivity index (χ1n) is 6.20. The normalized spacial score (nSPS) is 16.3. The van der Waals surface area contributed by atoms with E-state index in [1.807, 2.05) is 0 Å². The second-order valence-electron chi connectivity index (χ2n) is 5.85. The number of aromatic nitrogens is 1. The lowest BCUT2D eigenvalue weighted by atomic mass is 9.94. The Morgan fingerprint density at radius 3 is 2.52 bits per heavy atom. The van der Waals surface area contributed by atoms with Crippen LogP contribution in [0.5, 0.6) is 0 Å². The number of nitrogens with zero attached hydrogens (tertiary/aromatic N) is 1. The molecular weight excluding hydrogens is 380 g/mol. The Morgan fingerprint density at radius 2 is 2.05 bits per heavy atom. The standard InChI is InChI=1S/C13H18BrClN2O3S/c1-12(2,3)21(20)17-13(4,7-10(18)19)11-8(15)5-6-9(14)16-11/h5-6,17H,7H2,1-4H3,(H,18,19). The van der Waals surface area contributed by atoms with Gasteiger partial charge >= 0.3 is 5.97 Å². The summed E-state index contributed by atoms with van der Waals surface area (Å²) >= 11 is 7.92. The molecule has 0 spiro atoms. The Kier molecular flexibility index (Phi) is 6.08. The van der Waals surface area contributed by atoms with E-state index >= 15 is 0 Å². The zero-order valence-electron chi connectivity index (χ0n) is 12.2. The topological polar surface area (TPSA) is 85.3 Å². The minimum absolute atomic E-state index is 0.294. The number of carbonyl (C=O) groups is 1. The van der Waals surface area contributed by atoms with Gasteiger partial charge in [0, 0.05) is 11.4 Å². The average molecular weight is 398 g/mol. The smallest absolute Gasteiger partial charge is 0.305 e. The minimum atomic E-state index is -1.47. The highest BCUT2D eigenvalue weighted by Gasteiger charge is 2.41. The fraction of sp³-hybridized carbons (Fsp3) is 0.538. The van der Waals surface area contributed by atoms with E-state index in [1.54, 1.807) is 39.8 Å². The van der Waals surface area contributed by atoms with Crippen LogP contribution in [0.2, 0.25) is 5.02 Å². The van der Waals surface area contributed by atoms with Crippen molar-refractivity contribution in [3.63, 3.8) is 0 Å². The first kappa shape index (κ1) is 18.7. The number of halogens is 2. The van der Waals surface area contributed by atoms with Crippen LogP contribution >= 0.6 is 27.5 Å². The van der Waals surface area contributed by atoms with Gasteiger partial charge in [0.25, 0.3) is 0 Å². The highest BCUT2D eigenvalue weighted by Crippen LogP contribution is 2.32. The van der Waals surface area contributed by atoms with Crippen molar-refractivity contribution in [3.05, 3.63) is 27.5 Å². The fourth-order valence-electron chi connectivity index (χ4n) is 1.63. The number of carboxylic acids is 1. The lowest BCUT2D eigenvalue weighted by Gasteiger charge is -2.34. The van der Waals surface area contributed by atoms with Gasteiger partial charge in [-0.05, 0) is 55.8 Å². The molecule has 2 N–H and O–H groups in total. The van der Waals surface area contributed by atoms with Crippen molar-refractivity contribution < 1.29 is 14.5 Å². The molecule has 0 radical (unpaired) electrons. The molecule has 0 aliphatic rings. The first-order valence-corrected chi connectivity index (χ1v) is 8.52. The van der Waals surface area contributed by atoms with E-state index in [1.165, 1.54) is 0 Å². The van der Waals surface area contributed by atoms with Crippen molar-refractivity contribution >= 4 is 44.9 Å². The van der Waals surface area contributed by atoms with E-state index < -0.39 is 27.6 Å². The van der Waals surface area contributed by atoms with Gasteiger partial charge in [-0.25, -0.2) is 4.98 Å². The highest BCUT2D eigenvalue weighted by molar-refractivity contribution is 9.10. The molecular formula is C13H18BrClN2O3S. The highest BCUT2D eigenvalue weighted by atomic mass is 79.9. The van der Waals surface area contributed by atoms with E-state index in [0.717, 1.165) is 0 Å². The van der Waals surface area contributed by atoms with Crippen LogP contribution in [-0.2, 0) is 21.7 Å². The Hall–Kier alpha value is -0.340. The Morgan fingerprint density at radius 1 is 1.48 bits per heavy atom. The van der Waals surface area contributed by atoms with Crippen molar-refractivity contribution in [3.8, 4) is 0 Å². The van der Waals surface area contributed by atoms with Crippen LogP contribution in [0.4, 0.5) is 0 Å². The Labute approximate surface area is 140 Å². The monoisotopic (exact) mass is 396 g/mol. The predicted octanol–water partition coefficient (Wildman–Crippen LogP) is 3.24. The number of nitrogens with one attached hydrogen (secondary N) is 1. The molecule has 0 aliphatic heterocycles. The van der Waals surface area contributed by atoms with Crippen LogP contribution in [0, 0.1) is 0 Å². The maximum absolute atomic E-state index is 12.4. The summed E-state index contributed by atoms with van der Waals surface area (Å²) in [5, 5.41) is 9.48. The second kappa shape index (κ2) is 6.83. The summed E-state index contributed by atoms with van der Waals surface area (Å²) in [4.78, 5) is 15.5. The molecule has 5 nitrogen and oxygen atoms in total. The van der Waals surface area contributed by atoms with Crippen LogP contribution in [-0.4, -0.2) is 25.4 Å². The Balaban J connectivity index is 3.26. The molecule has 1 aromatic heterocycles. The summed E-state index contributed by atoms with van der Waals surface area (Å²) in [5.74, 6) is -1.03. The maximum atomic E-state index is 12.4. The van der Waals surface area contributed by atoms with Crippen molar-refractivity contribution in [1.29, 1.82) is 0 Å². The van der Waals surface area contributed by atoms with E-state index in [9.17, 15) is 9.35 Å². The minimum Gasteiger partial charge on any atom is -0.598 e. The lowest BCUT2D eigenvalue weighted by molar-refractivity contribution is -0.138. The SMILES string of the molecule is CC(CC(=O)O)(N[S+]([O-])C(C)(C)C)c1nc(Br)ccc1Cl. The van der Waals surface area contributed by atoms with Crippen LogP contribution in [0.25, 0.3) is 0 Å². The van der Waals surface area contributed by atoms with Crippen LogP contribution in [0.3, 0.4) is 0 Å². The third-order valence-corrected chi connectivity index (χ3v) is 5.21. The molecule has 1 rings (SSSR count). The molecule has 1 heterocycles. The van der Waals surface area contributed by atoms with Gasteiger partial charge in [-0.2, -0.15) is 0 Å². The molecule has 2 unspecified atom stereocenters. The summed E-state index contributed by atoms with van der Waals surface area (Å²) in [6.45, 7) is 7.03. The number of carboxylic acid groups (broad SMARTS) is 1. The zero-order valence-corrected chi connectivity index (χ0v) is 15.4. The summed E-state index contributed by atoms with van der Waals surface area (Å²) in [6, 6.07) is 3.28. The molecule has 2 atom stereocenters. The van der Waals surface area contributed by atoms with E-state index in [0.29, 0.717) is 15.3 Å². The van der Waals surface area contributed by atoms with Gasteiger partial charge in [0.15, 0.2) is 0 Å². The van der Waals surface area contributed by atoms with Crippen LogP contribution < -0.4 is 4.72 Å². The van der Waals surface area contributed by atoms with Gasteiger partial charge in [0.05, 0.1) is 17.1 Å².